The maximum Gasteiger partial charge on any atom is 0.465 e. The van der Waals surface area contributed by atoms with E-state index in [0.717, 1.165) is 0 Å². The largest absolute Gasteiger partial charge is 0.465 e. The number of alkyl halides is 2. The van der Waals surface area contributed by atoms with Crippen molar-refractivity contribution >= 4 is 27.2 Å². The topological polar surface area (TPSA) is 107 Å². The fourth-order valence-corrected chi connectivity index (χ4v) is 5.96. The van der Waals surface area contributed by atoms with Gasteiger partial charge in [0.25, 0.3) is 0 Å². The Balaban J connectivity index is 1.64. The fourth-order valence-electron chi connectivity index (χ4n) is 4.12. The van der Waals surface area contributed by atoms with Gasteiger partial charge in [-0.3, -0.25) is 8.74 Å². The molecule has 7 atom stereocenters. The summed E-state index contributed by atoms with van der Waals surface area (Å²) in [6.45, 7) is 0. The third kappa shape index (κ3) is 1.68. The molecule has 4 bridgehead atoms. The number of carbonyl (C=O) groups is 1. The second kappa shape index (κ2) is 4.05. The first-order valence-corrected chi connectivity index (χ1v) is 9.32. The van der Waals surface area contributed by atoms with Gasteiger partial charge in [0.15, 0.2) is 11.1 Å². The molecule has 22 heavy (non-hydrogen) atoms. The minimum Gasteiger partial charge on any atom is -0.451 e. The summed E-state index contributed by atoms with van der Waals surface area (Å²) in [4.78, 5) is 11.6. The van der Waals surface area contributed by atoms with Crippen LogP contribution < -0.4 is 0 Å². The molecule has 0 aromatic rings. The molecule has 0 aromatic carbocycles. The average Bonchev–Trinajstić information content (AvgIpc) is 3.11. The molecule has 1 heterocycles. The number of esters is 1. The molecule has 1 saturated heterocycles. The van der Waals surface area contributed by atoms with Crippen molar-refractivity contribution in [1.82, 2.24) is 0 Å². The van der Waals surface area contributed by atoms with E-state index in [0.29, 0.717) is 12.8 Å². The molecule has 4 aliphatic carbocycles. The van der Waals surface area contributed by atoms with E-state index in [2.05, 4.69) is 0 Å². The highest BCUT2D eigenvalue weighted by molar-refractivity contribution is 7.87. The lowest BCUT2D eigenvalue weighted by atomic mass is 9.65. The zero-order valence-corrected chi connectivity index (χ0v) is 12.6. The number of rotatable bonds is 3. The van der Waals surface area contributed by atoms with E-state index in [4.69, 9.17) is 13.5 Å². The molecule has 124 valence electrons. The maximum atomic E-state index is 13.4. The number of hydrogen-bond acceptors (Lipinski definition) is 6. The van der Waals surface area contributed by atoms with E-state index in [1.807, 2.05) is 0 Å². The summed E-state index contributed by atoms with van der Waals surface area (Å²) in [6.07, 6.45) is 0.775. The molecular formula is C11H12F2O7S2. The highest BCUT2D eigenvalue weighted by Gasteiger charge is 2.77. The fraction of sp³-hybridized carbons (Fsp3) is 0.909. The molecule has 5 rings (SSSR count). The van der Waals surface area contributed by atoms with Crippen LogP contribution in [-0.4, -0.2) is 45.4 Å². The molecule has 7 nitrogen and oxygen atoms in total. The van der Waals surface area contributed by atoms with Gasteiger partial charge >= 0.3 is 21.3 Å². The van der Waals surface area contributed by atoms with Crippen molar-refractivity contribution < 1.29 is 39.7 Å². The molecular weight excluding hydrogens is 346 g/mol. The molecule has 4 saturated carbocycles. The highest BCUT2D eigenvalue weighted by Crippen LogP contribution is 2.68. The van der Waals surface area contributed by atoms with Gasteiger partial charge in [0.1, 0.15) is 11.7 Å². The summed E-state index contributed by atoms with van der Waals surface area (Å²) < 4.78 is 78.6. The Labute approximate surface area is 126 Å². The normalized spacial score (nSPS) is 48.9. The molecule has 1 N–H and O–H groups in total. The van der Waals surface area contributed by atoms with Gasteiger partial charge in [-0.25, -0.2) is 9.00 Å². The van der Waals surface area contributed by atoms with Crippen LogP contribution in [-0.2, 0) is 34.9 Å². The Morgan fingerprint density at radius 1 is 1.41 bits per heavy atom. The van der Waals surface area contributed by atoms with E-state index in [1.165, 1.54) is 0 Å². The van der Waals surface area contributed by atoms with E-state index in [9.17, 15) is 26.2 Å². The van der Waals surface area contributed by atoms with Crippen LogP contribution in [0, 0.1) is 17.8 Å². The second-order valence-electron chi connectivity index (χ2n) is 6.36. The Kier molecular flexibility index (Phi) is 2.75. The SMILES string of the molecule is O=C(OC12CC3C(CC4CC41)S(=O)OC32)C(F)(F)S(=O)(=O)O. The maximum absolute atomic E-state index is 13.4. The van der Waals surface area contributed by atoms with Gasteiger partial charge in [-0.05, 0) is 25.2 Å². The Hall–Kier alpha value is -0.650. The lowest BCUT2D eigenvalue weighted by Gasteiger charge is -2.49. The first-order valence-electron chi connectivity index (χ1n) is 6.74. The van der Waals surface area contributed by atoms with Gasteiger partial charge in [-0.15, -0.1) is 0 Å². The summed E-state index contributed by atoms with van der Waals surface area (Å²) in [5.41, 5.74) is -1.35. The van der Waals surface area contributed by atoms with Crippen molar-refractivity contribution in [2.24, 2.45) is 17.8 Å². The summed E-state index contributed by atoms with van der Waals surface area (Å²) in [5.74, 6) is -2.49. The minimum atomic E-state index is -5.91. The Morgan fingerprint density at radius 3 is 2.73 bits per heavy atom. The third-order valence-electron chi connectivity index (χ3n) is 5.28. The minimum absolute atomic E-state index is 0.124. The van der Waals surface area contributed by atoms with Crippen LogP contribution >= 0.6 is 0 Å². The van der Waals surface area contributed by atoms with Crippen LogP contribution in [0.3, 0.4) is 0 Å². The predicted octanol–water partition coefficient (Wildman–Crippen LogP) is 0.240. The third-order valence-corrected chi connectivity index (χ3v) is 7.53. The van der Waals surface area contributed by atoms with Crippen LogP contribution in [0.4, 0.5) is 8.78 Å². The number of halogens is 2. The van der Waals surface area contributed by atoms with E-state index in [-0.39, 0.29) is 29.4 Å². The number of carbonyl (C=O) groups excluding carboxylic acids is 1. The Morgan fingerprint density at radius 2 is 2.09 bits per heavy atom. The highest BCUT2D eigenvalue weighted by atomic mass is 32.2. The monoisotopic (exact) mass is 358 g/mol. The molecule has 5 aliphatic rings. The van der Waals surface area contributed by atoms with E-state index < -0.39 is 44.1 Å². The van der Waals surface area contributed by atoms with E-state index >= 15 is 0 Å². The van der Waals surface area contributed by atoms with Gasteiger partial charge in [-0.2, -0.15) is 17.2 Å². The summed E-state index contributed by atoms with van der Waals surface area (Å²) in [5, 5.41) is -5.21. The van der Waals surface area contributed by atoms with Crippen LogP contribution in [0.1, 0.15) is 19.3 Å². The van der Waals surface area contributed by atoms with Crippen LogP contribution in [0.25, 0.3) is 0 Å². The molecule has 0 amide bonds. The molecule has 11 heteroatoms. The lowest BCUT2D eigenvalue weighted by molar-refractivity contribution is -0.221. The second-order valence-corrected chi connectivity index (χ2v) is 9.14. The zero-order valence-electron chi connectivity index (χ0n) is 11.0. The van der Waals surface area contributed by atoms with Gasteiger partial charge in [-0.1, -0.05) is 0 Å². The molecule has 1 aliphatic heterocycles. The molecule has 7 unspecified atom stereocenters. The van der Waals surface area contributed by atoms with Crippen molar-refractivity contribution in [3.8, 4) is 0 Å². The smallest absolute Gasteiger partial charge is 0.451 e. The summed E-state index contributed by atoms with van der Waals surface area (Å²) in [7, 11) is -5.91. The summed E-state index contributed by atoms with van der Waals surface area (Å²) >= 11 is -1.55. The molecule has 0 aromatic heterocycles. The van der Waals surface area contributed by atoms with Crippen molar-refractivity contribution in [3.05, 3.63) is 0 Å². The zero-order chi connectivity index (χ0) is 16.1. The number of hydrogen-bond donors (Lipinski definition) is 1. The van der Waals surface area contributed by atoms with Crippen molar-refractivity contribution in [3.63, 3.8) is 0 Å². The van der Waals surface area contributed by atoms with Crippen LogP contribution in [0.15, 0.2) is 0 Å². The lowest BCUT2D eigenvalue weighted by Crippen LogP contribution is -2.63. The molecule has 0 radical (unpaired) electrons. The van der Waals surface area contributed by atoms with Crippen LogP contribution in [0.2, 0.25) is 0 Å². The van der Waals surface area contributed by atoms with Gasteiger partial charge in [0.2, 0.25) is 0 Å². The van der Waals surface area contributed by atoms with Gasteiger partial charge < -0.3 is 4.74 Å². The molecule has 0 spiro atoms. The van der Waals surface area contributed by atoms with Crippen LogP contribution in [0.5, 0.6) is 0 Å². The molecule has 5 fully saturated rings. The van der Waals surface area contributed by atoms with Crippen molar-refractivity contribution in [1.29, 1.82) is 0 Å². The van der Waals surface area contributed by atoms with Crippen molar-refractivity contribution in [2.45, 2.75) is 41.5 Å². The van der Waals surface area contributed by atoms with Gasteiger partial charge in [0.05, 0.1) is 5.25 Å². The Bertz CT molecular complexity index is 693. The average molecular weight is 358 g/mol. The summed E-state index contributed by atoms with van der Waals surface area (Å²) in [6, 6.07) is 0. The van der Waals surface area contributed by atoms with Crippen molar-refractivity contribution in [2.75, 3.05) is 0 Å². The standard InChI is InChI=1S/C11H12F2O7S2/c12-11(13,22(16,17)18)9(14)19-10-3-5-7(2-4-1-6(4)10)21(15)20-8(5)10/h4-8H,1-3H2,(H,16,17,18). The van der Waals surface area contributed by atoms with E-state index in [1.54, 1.807) is 0 Å². The number of ether oxygens (including phenoxy) is 1. The first kappa shape index (κ1) is 14.9. The first-order chi connectivity index (χ1) is 10.1. The van der Waals surface area contributed by atoms with Gasteiger partial charge in [0, 0.05) is 11.8 Å². The predicted molar refractivity (Wildman–Crippen MR) is 66.4 cm³/mol. The quantitative estimate of drug-likeness (QED) is 0.569.